The first kappa shape index (κ1) is 15.0. The van der Waals surface area contributed by atoms with E-state index in [0.717, 1.165) is 12.5 Å². The fourth-order valence-electron chi connectivity index (χ4n) is 1.37. The normalized spacial score (nSPS) is 13.2. The van der Waals surface area contributed by atoms with Gasteiger partial charge in [-0.15, -0.1) is 0 Å². The molecule has 2 nitrogen and oxygen atoms in total. The molecule has 0 saturated heterocycles. The maximum absolute atomic E-state index is 12.7. The molecule has 0 bridgehead atoms. The smallest absolute Gasteiger partial charge is 0.351 e. The zero-order chi connectivity index (χ0) is 13.8. The van der Waals surface area contributed by atoms with Crippen molar-refractivity contribution in [1.82, 2.24) is 5.32 Å². The Labute approximate surface area is 112 Å². The standard InChI is InChI=1S/C12H13BrF3NO/c1-2-8(13)7-17-11(18)9-5-3-4-6-10(9)12(14,15)16/h3-6,8H,2,7H2,1H3,(H,17,18). The first-order valence-corrected chi connectivity index (χ1v) is 6.36. The van der Waals surface area contributed by atoms with Crippen LogP contribution in [0.25, 0.3) is 0 Å². The van der Waals surface area contributed by atoms with Gasteiger partial charge in [0.05, 0.1) is 11.1 Å². The van der Waals surface area contributed by atoms with Crippen LogP contribution in [0.3, 0.4) is 0 Å². The summed E-state index contributed by atoms with van der Waals surface area (Å²) in [7, 11) is 0. The number of hydrogen-bond acceptors (Lipinski definition) is 1. The summed E-state index contributed by atoms with van der Waals surface area (Å²) in [5.41, 5.74) is -1.26. The number of carbonyl (C=O) groups excluding carboxylic acids is 1. The van der Waals surface area contributed by atoms with Crippen molar-refractivity contribution in [2.24, 2.45) is 0 Å². The van der Waals surface area contributed by atoms with Gasteiger partial charge >= 0.3 is 6.18 Å². The highest BCUT2D eigenvalue weighted by molar-refractivity contribution is 9.09. The van der Waals surface area contributed by atoms with Gasteiger partial charge in [-0.1, -0.05) is 35.0 Å². The van der Waals surface area contributed by atoms with Crippen LogP contribution in [0, 0.1) is 0 Å². The molecule has 6 heteroatoms. The van der Waals surface area contributed by atoms with Gasteiger partial charge in [0.15, 0.2) is 0 Å². The first-order chi connectivity index (χ1) is 8.36. The lowest BCUT2D eigenvalue weighted by Crippen LogP contribution is -2.30. The molecular weight excluding hydrogens is 311 g/mol. The van der Waals surface area contributed by atoms with Gasteiger partial charge in [0.1, 0.15) is 0 Å². The van der Waals surface area contributed by atoms with Crippen molar-refractivity contribution in [2.45, 2.75) is 24.3 Å². The molecule has 1 aromatic carbocycles. The van der Waals surface area contributed by atoms with Gasteiger partial charge in [0.25, 0.3) is 5.91 Å². The quantitative estimate of drug-likeness (QED) is 0.843. The summed E-state index contributed by atoms with van der Waals surface area (Å²) in [4.78, 5) is 11.8. The van der Waals surface area contributed by atoms with Gasteiger partial charge in [-0.25, -0.2) is 0 Å². The Kier molecular flexibility index (Phi) is 5.19. The molecule has 0 radical (unpaired) electrons. The maximum Gasteiger partial charge on any atom is 0.417 e. The van der Waals surface area contributed by atoms with Crippen LogP contribution in [0.2, 0.25) is 0 Å². The van der Waals surface area contributed by atoms with Crippen molar-refractivity contribution in [1.29, 1.82) is 0 Å². The number of hydrogen-bond donors (Lipinski definition) is 1. The predicted molar refractivity (Wildman–Crippen MR) is 66.8 cm³/mol. The topological polar surface area (TPSA) is 29.1 Å². The van der Waals surface area contributed by atoms with E-state index in [9.17, 15) is 18.0 Å². The summed E-state index contributed by atoms with van der Waals surface area (Å²) in [6.45, 7) is 2.21. The molecule has 0 heterocycles. The summed E-state index contributed by atoms with van der Waals surface area (Å²) in [6, 6.07) is 4.75. The lowest BCUT2D eigenvalue weighted by molar-refractivity contribution is -0.137. The Morgan fingerprint density at radius 3 is 2.56 bits per heavy atom. The number of benzene rings is 1. The van der Waals surface area contributed by atoms with E-state index >= 15 is 0 Å². The van der Waals surface area contributed by atoms with E-state index < -0.39 is 17.6 Å². The number of amides is 1. The highest BCUT2D eigenvalue weighted by atomic mass is 79.9. The van der Waals surface area contributed by atoms with Crippen molar-refractivity contribution in [3.63, 3.8) is 0 Å². The molecule has 0 aliphatic carbocycles. The highest BCUT2D eigenvalue weighted by Crippen LogP contribution is 2.31. The second-order valence-electron chi connectivity index (χ2n) is 3.76. The second-order valence-corrected chi connectivity index (χ2v) is 5.05. The van der Waals surface area contributed by atoms with Crippen LogP contribution < -0.4 is 5.32 Å². The Bertz CT molecular complexity index is 420. The molecule has 0 saturated carbocycles. The molecule has 0 fully saturated rings. The van der Waals surface area contributed by atoms with Gasteiger partial charge in [-0.2, -0.15) is 13.2 Å². The third-order valence-corrected chi connectivity index (χ3v) is 3.38. The maximum atomic E-state index is 12.7. The van der Waals surface area contributed by atoms with Gasteiger partial charge in [0.2, 0.25) is 0 Å². The zero-order valence-corrected chi connectivity index (χ0v) is 11.3. The summed E-state index contributed by atoms with van der Waals surface area (Å²) in [5, 5.41) is 2.48. The average molecular weight is 324 g/mol. The molecule has 0 aliphatic heterocycles. The minimum Gasteiger partial charge on any atom is -0.351 e. The van der Waals surface area contributed by atoms with Crippen LogP contribution in [0.1, 0.15) is 29.3 Å². The van der Waals surface area contributed by atoms with Crippen LogP contribution in [0.5, 0.6) is 0 Å². The molecule has 18 heavy (non-hydrogen) atoms. The average Bonchev–Trinajstić information content (AvgIpc) is 2.34. The van der Waals surface area contributed by atoms with Gasteiger partial charge in [0, 0.05) is 11.4 Å². The minimum atomic E-state index is -4.52. The summed E-state index contributed by atoms with van der Waals surface area (Å²) in [5.74, 6) is -0.708. The van der Waals surface area contributed by atoms with Crippen LogP contribution in [-0.4, -0.2) is 17.3 Å². The monoisotopic (exact) mass is 323 g/mol. The molecule has 1 amide bonds. The van der Waals surface area contributed by atoms with E-state index in [2.05, 4.69) is 21.2 Å². The minimum absolute atomic E-state index is 0.0551. The van der Waals surface area contributed by atoms with Crippen molar-refractivity contribution in [3.05, 3.63) is 35.4 Å². The fraction of sp³-hybridized carbons (Fsp3) is 0.417. The van der Waals surface area contributed by atoms with Crippen molar-refractivity contribution in [2.75, 3.05) is 6.54 Å². The van der Waals surface area contributed by atoms with E-state index in [4.69, 9.17) is 0 Å². The summed E-state index contributed by atoms with van der Waals surface area (Å²) >= 11 is 3.30. The highest BCUT2D eigenvalue weighted by Gasteiger charge is 2.34. The number of rotatable bonds is 4. The van der Waals surface area contributed by atoms with Gasteiger partial charge in [-0.3, -0.25) is 4.79 Å². The molecule has 0 aromatic heterocycles. The zero-order valence-electron chi connectivity index (χ0n) is 9.72. The van der Waals surface area contributed by atoms with E-state index in [0.29, 0.717) is 6.54 Å². The SMILES string of the molecule is CCC(Br)CNC(=O)c1ccccc1C(F)(F)F. The van der Waals surface area contributed by atoms with Crippen molar-refractivity contribution in [3.8, 4) is 0 Å². The molecule has 100 valence electrons. The van der Waals surface area contributed by atoms with Crippen LogP contribution in [0.4, 0.5) is 13.2 Å². The third-order valence-electron chi connectivity index (χ3n) is 2.40. The van der Waals surface area contributed by atoms with E-state index in [1.165, 1.54) is 18.2 Å². The van der Waals surface area contributed by atoms with E-state index in [-0.39, 0.29) is 10.4 Å². The number of halogens is 4. The lowest BCUT2D eigenvalue weighted by Gasteiger charge is -2.13. The Balaban J connectivity index is 2.86. The lowest BCUT2D eigenvalue weighted by atomic mass is 10.1. The fourth-order valence-corrected chi connectivity index (χ4v) is 1.53. The van der Waals surface area contributed by atoms with Gasteiger partial charge in [-0.05, 0) is 18.6 Å². The van der Waals surface area contributed by atoms with Crippen LogP contribution in [0.15, 0.2) is 24.3 Å². The third kappa shape index (κ3) is 4.01. The molecular formula is C12H13BrF3NO. The summed E-state index contributed by atoms with van der Waals surface area (Å²) < 4.78 is 38.1. The van der Waals surface area contributed by atoms with Gasteiger partial charge < -0.3 is 5.32 Å². The Hall–Kier alpha value is -1.04. The molecule has 1 rings (SSSR count). The Morgan fingerprint density at radius 1 is 1.39 bits per heavy atom. The van der Waals surface area contributed by atoms with E-state index in [1.54, 1.807) is 0 Å². The molecule has 1 N–H and O–H groups in total. The van der Waals surface area contributed by atoms with Crippen molar-refractivity contribution >= 4 is 21.8 Å². The van der Waals surface area contributed by atoms with Crippen LogP contribution >= 0.6 is 15.9 Å². The number of alkyl halides is 4. The molecule has 1 unspecified atom stereocenters. The molecule has 0 aliphatic rings. The second kappa shape index (κ2) is 6.22. The first-order valence-electron chi connectivity index (χ1n) is 5.44. The van der Waals surface area contributed by atoms with E-state index in [1.807, 2.05) is 6.92 Å². The predicted octanol–water partition coefficient (Wildman–Crippen LogP) is 3.61. The molecule has 0 spiro atoms. The van der Waals surface area contributed by atoms with Crippen molar-refractivity contribution < 1.29 is 18.0 Å². The molecule has 1 aromatic rings. The number of carbonyl (C=O) groups is 1. The number of nitrogens with one attached hydrogen (secondary N) is 1. The Morgan fingerprint density at radius 2 is 2.00 bits per heavy atom. The largest absolute Gasteiger partial charge is 0.417 e. The summed E-state index contributed by atoms with van der Waals surface area (Å²) in [6.07, 6.45) is -3.74. The van der Waals surface area contributed by atoms with Crippen LogP contribution in [-0.2, 0) is 6.18 Å². The molecule has 1 atom stereocenters.